The van der Waals surface area contributed by atoms with Crippen molar-refractivity contribution in [2.24, 2.45) is 5.92 Å². The normalized spacial score (nSPS) is 18.0. The molecule has 0 aliphatic carbocycles. The maximum absolute atomic E-state index is 12.6. The van der Waals surface area contributed by atoms with Gasteiger partial charge in [-0.15, -0.1) is 5.10 Å². The van der Waals surface area contributed by atoms with Crippen molar-refractivity contribution in [3.63, 3.8) is 0 Å². The largest absolute Gasteiger partial charge is 0.419 e. The fourth-order valence-electron chi connectivity index (χ4n) is 2.73. The van der Waals surface area contributed by atoms with Crippen molar-refractivity contribution in [2.45, 2.75) is 19.3 Å². The van der Waals surface area contributed by atoms with Gasteiger partial charge in [-0.05, 0) is 0 Å². The molecular weight excluding hydrogens is 339 g/mol. The van der Waals surface area contributed by atoms with Crippen molar-refractivity contribution in [3.05, 3.63) is 23.8 Å². The van der Waals surface area contributed by atoms with Crippen molar-refractivity contribution in [2.75, 3.05) is 19.6 Å². The molecule has 1 amide bonds. The number of amides is 1. The second kappa shape index (κ2) is 5.76. The van der Waals surface area contributed by atoms with E-state index >= 15 is 0 Å². The Balaban J connectivity index is 1.53. The highest BCUT2D eigenvalue weighted by molar-refractivity contribution is 5.80. The van der Waals surface area contributed by atoms with Crippen molar-refractivity contribution in [1.29, 1.82) is 0 Å². The third-order valence-corrected chi connectivity index (χ3v) is 4.28. The number of alkyl halides is 3. The van der Waals surface area contributed by atoms with Gasteiger partial charge >= 0.3 is 6.18 Å². The number of nitrogens with one attached hydrogen (secondary N) is 1. The third-order valence-electron chi connectivity index (χ3n) is 4.28. The van der Waals surface area contributed by atoms with Gasteiger partial charge in [-0.1, -0.05) is 0 Å². The lowest BCUT2D eigenvalue weighted by molar-refractivity contribution is -0.139. The van der Waals surface area contributed by atoms with Gasteiger partial charge in [-0.3, -0.25) is 4.79 Å². The molecule has 0 bridgehead atoms. The molecule has 0 unspecified atom stereocenters. The number of carbonyl (C=O) groups excluding carboxylic acids is 1. The summed E-state index contributed by atoms with van der Waals surface area (Å²) in [5.74, 6) is 0.845. The molecule has 4 rings (SSSR count). The molecule has 25 heavy (non-hydrogen) atoms. The molecule has 2 aliphatic rings. The molecule has 0 spiro atoms. The highest BCUT2D eigenvalue weighted by Gasteiger charge is 2.33. The summed E-state index contributed by atoms with van der Waals surface area (Å²) >= 11 is 0. The van der Waals surface area contributed by atoms with E-state index in [1.165, 1.54) is 0 Å². The first-order valence-electron chi connectivity index (χ1n) is 7.74. The van der Waals surface area contributed by atoms with Gasteiger partial charge < -0.3 is 10.2 Å². The van der Waals surface area contributed by atoms with Crippen LogP contribution in [-0.4, -0.2) is 55.2 Å². The lowest BCUT2D eigenvalue weighted by atomic mass is 10.0. The number of rotatable bonds is 2. The summed E-state index contributed by atoms with van der Waals surface area (Å²) < 4.78 is 39.3. The Labute approximate surface area is 140 Å². The first-order valence-corrected chi connectivity index (χ1v) is 7.74. The van der Waals surface area contributed by atoms with Gasteiger partial charge in [0.1, 0.15) is 5.82 Å². The quantitative estimate of drug-likeness (QED) is 0.836. The Bertz CT molecular complexity index is 798. The Morgan fingerprint density at radius 2 is 1.88 bits per heavy atom. The third kappa shape index (κ3) is 2.95. The summed E-state index contributed by atoms with van der Waals surface area (Å²) in [6, 6.07) is 0. The molecule has 2 aromatic heterocycles. The molecule has 1 N–H and O–H groups in total. The van der Waals surface area contributed by atoms with E-state index in [9.17, 15) is 18.0 Å². The van der Waals surface area contributed by atoms with E-state index in [0.29, 0.717) is 50.9 Å². The molecule has 11 heteroatoms. The predicted octanol–water partition coefficient (Wildman–Crippen LogP) is 0.316. The molecule has 8 nitrogen and oxygen atoms in total. The van der Waals surface area contributed by atoms with E-state index in [-0.39, 0.29) is 23.5 Å². The molecule has 4 heterocycles. The standard InChI is InChI=1S/C14H14F3N7O/c15-14(16,17)9-5-19-11(20-6-9)12-21-10-7-23(1-2-24(10)22-12)13(25)8-3-18-4-8/h5-6,8,18H,1-4,7H2. The summed E-state index contributed by atoms with van der Waals surface area (Å²) in [6.45, 7) is 2.70. The van der Waals surface area contributed by atoms with Gasteiger partial charge in [-0.25, -0.2) is 19.6 Å². The highest BCUT2D eigenvalue weighted by atomic mass is 19.4. The maximum Gasteiger partial charge on any atom is 0.419 e. The molecule has 0 aromatic carbocycles. The first kappa shape index (κ1) is 15.9. The van der Waals surface area contributed by atoms with E-state index in [4.69, 9.17) is 0 Å². The smallest absolute Gasteiger partial charge is 0.333 e. The Morgan fingerprint density at radius 3 is 2.48 bits per heavy atom. The molecule has 1 fully saturated rings. The number of hydrogen-bond acceptors (Lipinski definition) is 6. The van der Waals surface area contributed by atoms with Crippen molar-refractivity contribution in [1.82, 2.24) is 34.9 Å². The number of hydrogen-bond donors (Lipinski definition) is 1. The molecule has 0 radical (unpaired) electrons. The number of carbonyl (C=O) groups is 1. The number of aromatic nitrogens is 5. The summed E-state index contributed by atoms with van der Waals surface area (Å²) in [4.78, 5) is 25.7. The van der Waals surface area contributed by atoms with Crippen LogP contribution in [0.2, 0.25) is 0 Å². The minimum Gasteiger partial charge on any atom is -0.333 e. The highest BCUT2D eigenvalue weighted by Crippen LogP contribution is 2.28. The Hall–Kier alpha value is -2.56. The van der Waals surface area contributed by atoms with Crippen LogP contribution >= 0.6 is 0 Å². The topological polar surface area (TPSA) is 88.8 Å². The van der Waals surface area contributed by atoms with Crippen LogP contribution in [0.4, 0.5) is 13.2 Å². The van der Waals surface area contributed by atoms with Gasteiger partial charge in [0.15, 0.2) is 5.82 Å². The Morgan fingerprint density at radius 1 is 1.16 bits per heavy atom. The first-order chi connectivity index (χ1) is 11.9. The van der Waals surface area contributed by atoms with Crippen LogP contribution in [0.5, 0.6) is 0 Å². The number of fused-ring (bicyclic) bond motifs is 1. The van der Waals surface area contributed by atoms with E-state index in [1.54, 1.807) is 9.58 Å². The minimum atomic E-state index is -4.49. The molecule has 2 aromatic rings. The zero-order valence-electron chi connectivity index (χ0n) is 13.0. The Kier molecular flexibility index (Phi) is 3.67. The summed E-state index contributed by atoms with van der Waals surface area (Å²) in [5.41, 5.74) is -0.925. The predicted molar refractivity (Wildman–Crippen MR) is 77.8 cm³/mol. The van der Waals surface area contributed by atoms with Crippen LogP contribution in [0, 0.1) is 5.92 Å². The van der Waals surface area contributed by atoms with Gasteiger partial charge in [0, 0.05) is 32.0 Å². The molecular formula is C14H14F3N7O. The van der Waals surface area contributed by atoms with Gasteiger partial charge in [-0.2, -0.15) is 13.2 Å². The SMILES string of the molecule is O=C(C1CNC1)N1CCn2nc(-c3ncc(C(F)(F)F)cn3)nc2C1. The van der Waals surface area contributed by atoms with Crippen LogP contribution in [0.3, 0.4) is 0 Å². The number of halogens is 3. The monoisotopic (exact) mass is 353 g/mol. The molecule has 1 saturated heterocycles. The zero-order valence-corrected chi connectivity index (χ0v) is 13.0. The van der Waals surface area contributed by atoms with Gasteiger partial charge in [0.05, 0.1) is 24.6 Å². The molecule has 0 saturated carbocycles. The fourth-order valence-corrected chi connectivity index (χ4v) is 2.73. The van der Waals surface area contributed by atoms with E-state index in [0.717, 1.165) is 0 Å². The molecule has 2 aliphatic heterocycles. The number of nitrogens with zero attached hydrogens (tertiary/aromatic N) is 6. The second-order valence-electron chi connectivity index (χ2n) is 5.98. The summed E-state index contributed by atoms with van der Waals surface area (Å²) in [6.07, 6.45) is -3.07. The van der Waals surface area contributed by atoms with Crippen molar-refractivity contribution in [3.8, 4) is 11.6 Å². The van der Waals surface area contributed by atoms with Crippen LogP contribution in [0.15, 0.2) is 12.4 Å². The fraction of sp³-hybridized carbons (Fsp3) is 0.500. The van der Waals surface area contributed by atoms with Crippen LogP contribution in [0.1, 0.15) is 11.4 Å². The minimum absolute atomic E-state index is 0.00666. The summed E-state index contributed by atoms with van der Waals surface area (Å²) in [5, 5.41) is 7.30. The van der Waals surface area contributed by atoms with E-state index < -0.39 is 11.7 Å². The lowest BCUT2D eigenvalue weighted by Crippen LogP contribution is -2.53. The average molecular weight is 353 g/mol. The van der Waals surface area contributed by atoms with Crippen molar-refractivity contribution >= 4 is 5.91 Å². The lowest BCUT2D eigenvalue weighted by Gasteiger charge is -2.34. The van der Waals surface area contributed by atoms with Crippen LogP contribution in [-0.2, 0) is 24.1 Å². The van der Waals surface area contributed by atoms with E-state index in [1.807, 2.05) is 0 Å². The van der Waals surface area contributed by atoms with Crippen molar-refractivity contribution < 1.29 is 18.0 Å². The molecule has 132 valence electrons. The molecule has 0 atom stereocenters. The van der Waals surface area contributed by atoms with Gasteiger partial charge in [0.2, 0.25) is 11.7 Å². The second-order valence-corrected chi connectivity index (χ2v) is 5.98. The van der Waals surface area contributed by atoms with Gasteiger partial charge in [0.25, 0.3) is 0 Å². The maximum atomic E-state index is 12.6. The van der Waals surface area contributed by atoms with E-state index in [2.05, 4.69) is 25.4 Å². The zero-order chi connectivity index (χ0) is 17.6. The summed E-state index contributed by atoms with van der Waals surface area (Å²) in [7, 11) is 0. The van der Waals surface area contributed by atoms with Crippen LogP contribution < -0.4 is 5.32 Å². The van der Waals surface area contributed by atoms with Crippen LogP contribution in [0.25, 0.3) is 11.6 Å². The average Bonchev–Trinajstić information content (AvgIpc) is 2.95.